The first-order valence-corrected chi connectivity index (χ1v) is 12.3. The lowest BCUT2D eigenvalue weighted by molar-refractivity contribution is -0.121. The fourth-order valence-corrected chi connectivity index (χ4v) is 4.93. The fourth-order valence-electron chi connectivity index (χ4n) is 3.31. The number of hydrogen-bond acceptors (Lipinski definition) is 5. The van der Waals surface area contributed by atoms with Crippen molar-refractivity contribution in [3.8, 4) is 5.75 Å². The zero-order valence-corrected chi connectivity index (χ0v) is 18.2. The maximum Gasteiger partial charge on any atom is 0.324 e. The first-order valence-electron chi connectivity index (χ1n) is 10.5. The molecule has 8 heteroatoms. The largest absolute Gasteiger partial charge is 0.493 e. The van der Waals surface area contributed by atoms with Crippen LogP contribution in [0.15, 0.2) is 36.4 Å². The molecule has 0 aromatic heterocycles. The third-order valence-electron chi connectivity index (χ3n) is 5.34. The van der Waals surface area contributed by atoms with Crippen molar-refractivity contribution in [1.82, 2.24) is 10.2 Å². The van der Waals surface area contributed by atoms with E-state index in [2.05, 4.69) is 5.32 Å². The highest BCUT2D eigenvalue weighted by Crippen LogP contribution is 2.30. The van der Waals surface area contributed by atoms with Gasteiger partial charge in [-0.05, 0) is 48.8 Å². The van der Waals surface area contributed by atoms with Gasteiger partial charge in [-0.3, -0.25) is 10.1 Å². The van der Waals surface area contributed by atoms with Crippen LogP contribution in [-0.2, 0) is 14.6 Å². The normalized spacial score (nSPS) is 18.5. The number of imide groups is 1. The molecular formula is C22H30N2O5S. The summed E-state index contributed by atoms with van der Waals surface area (Å²) < 4.78 is 30.8. The van der Waals surface area contributed by atoms with E-state index in [1.165, 1.54) is 17.7 Å². The summed E-state index contributed by atoms with van der Waals surface area (Å²) in [5.74, 6) is 1.25. The Morgan fingerprint density at radius 2 is 2.07 bits per heavy atom. The summed E-state index contributed by atoms with van der Waals surface area (Å²) in [7, 11) is -3.21. The topological polar surface area (TPSA) is 92.8 Å². The Kier molecular flexibility index (Phi) is 7.53. The van der Waals surface area contributed by atoms with Gasteiger partial charge in [0.25, 0.3) is 0 Å². The van der Waals surface area contributed by atoms with E-state index in [0.717, 1.165) is 17.9 Å². The molecule has 1 aromatic carbocycles. The highest BCUT2D eigenvalue weighted by Gasteiger charge is 2.23. The fraction of sp³-hybridized carbons (Fsp3) is 0.545. The molecule has 2 aliphatic rings. The van der Waals surface area contributed by atoms with E-state index >= 15 is 0 Å². The Balaban J connectivity index is 1.42. The summed E-state index contributed by atoms with van der Waals surface area (Å²) in [5, 5.41) is 2.26. The number of carbonyl (C=O) groups excluding carboxylic acids is 2. The molecule has 164 valence electrons. The maximum atomic E-state index is 12.5. The molecule has 0 spiro atoms. The van der Waals surface area contributed by atoms with Gasteiger partial charge in [0.05, 0.1) is 18.1 Å². The van der Waals surface area contributed by atoms with E-state index in [-0.39, 0.29) is 23.3 Å². The second kappa shape index (κ2) is 10.1. The van der Waals surface area contributed by atoms with Crippen LogP contribution in [0.25, 0.3) is 0 Å². The molecule has 1 saturated carbocycles. The average molecular weight is 435 g/mol. The van der Waals surface area contributed by atoms with Crippen LogP contribution in [0.2, 0.25) is 0 Å². The number of ether oxygens (including phenoxy) is 1. The lowest BCUT2D eigenvalue weighted by atomic mass is 10.0. The van der Waals surface area contributed by atoms with E-state index in [4.69, 9.17) is 4.74 Å². The van der Waals surface area contributed by atoms with E-state index in [9.17, 15) is 18.0 Å². The maximum absolute atomic E-state index is 12.5. The number of urea groups is 1. The van der Waals surface area contributed by atoms with E-state index in [1.54, 1.807) is 12.2 Å². The number of carbonyl (C=O) groups is 2. The Bertz CT molecular complexity index is 893. The summed E-state index contributed by atoms with van der Waals surface area (Å²) in [6.07, 6.45) is 6.70. The van der Waals surface area contributed by atoms with Crippen LogP contribution >= 0.6 is 0 Å². The van der Waals surface area contributed by atoms with Gasteiger partial charge in [-0.1, -0.05) is 31.2 Å². The van der Waals surface area contributed by atoms with E-state index in [0.29, 0.717) is 31.8 Å². The molecule has 3 rings (SSSR count). The number of rotatable bonds is 11. The molecule has 1 aliphatic carbocycles. The SMILES string of the molecule is C[C@@H](CS(=O)(=O)CC/C=C/CN1CCC(=O)NC1=O)c1cccc(OCC2CC2)c1. The van der Waals surface area contributed by atoms with E-state index in [1.807, 2.05) is 31.2 Å². The van der Waals surface area contributed by atoms with Gasteiger partial charge in [-0.2, -0.15) is 0 Å². The summed E-state index contributed by atoms with van der Waals surface area (Å²) >= 11 is 0. The number of nitrogens with one attached hydrogen (secondary N) is 1. The second-order valence-corrected chi connectivity index (χ2v) is 10.4. The number of benzene rings is 1. The van der Waals surface area contributed by atoms with Crippen molar-refractivity contribution in [1.29, 1.82) is 0 Å². The van der Waals surface area contributed by atoms with Gasteiger partial charge in [0.15, 0.2) is 9.84 Å². The zero-order chi connectivity index (χ0) is 21.6. The smallest absolute Gasteiger partial charge is 0.324 e. The van der Waals surface area contributed by atoms with Crippen molar-refractivity contribution in [2.75, 3.05) is 31.2 Å². The van der Waals surface area contributed by atoms with Crippen LogP contribution in [0.3, 0.4) is 0 Å². The van der Waals surface area contributed by atoms with Crippen molar-refractivity contribution >= 4 is 21.8 Å². The van der Waals surface area contributed by atoms with Gasteiger partial charge >= 0.3 is 6.03 Å². The van der Waals surface area contributed by atoms with Gasteiger partial charge in [0.1, 0.15) is 5.75 Å². The Labute approximate surface area is 178 Å². The Hall–Kier alpha value is -2.35. The molecule has 30 heavy (non-hydrogen) atoms. The van der Waals surface area contributed by atoms with E-state index < -0.39 is 15.9 Å². The molecule has 1 atom stereocenters. The molecule has 2 fully saturated rings. The van der Waals surface area contributed by atoms with Crippen molar-refractivity contribution in [2.45, 2.75) is 38.5 Å². The van der Waals surface area contributed by atoms with Crippen LogP contribution in [0.5, 0.6) is 5.75 Å². The Morgan fingerprint density at radius 3 is 2.80 bits per heavy atom. The van der Waals surface area contributed by atoms with Crippen LogP contribution in [0, 0.1) is 5.92 Å². The number of nitrogens with zero attached hydrogens (tertiary/aromatic N) is 1. The molecule has 0 radical (unpaired) electrons. The van der Waals surface area contributed by atoms with Crippen LogP contribution in [-0.4, -0.2) is 56.5 Å². The molecule has 3 amide bonds. The van der Waals surface area contributed by atoms with Gasteiger partial charge in [-0.25, -0.2) is 13.2 Å². The summed E-state index contributed by atoms with van der Waals surface area (Å²) in [6.45, 7) is 3.40. The first kappa shape index (κ1) is 22.3. The highest BCUT2D eigenvalue weighted by atomic mass is 32.2. The minimum Gasteiger partial charge on any atom is -0.493 e. The predicted molar refractivity (Wildman–Crippen MR) is 115 cm³/mol. The monoisotopic (exact) mass is 434 g/mol. The second-order valence-electron chi connectivity index (χ2n) is 8.15. The summed E-state index contributed by atoms with van der Waals surface area (Å²) in [4.78, 5) is 24.3. The lowest BCUT2D eigenvalue weighted by Crippen LogP contribution is -2.49. The number of sulfone groups is 1. The molecule has 0 bridgehead atoms. The molecule has 7 nitrogen and oxygen atoms in total. The predicted octanol–water partition coefficient (Wildman–Crippen LogP) is 2.88. The molecular weight excluding hydrogens is 404 g/mol. The zero-order valence-electron chi connectivity index (χ0n) is 17.4. The van der Waals surface area contributed by atoms with Crippen LogP contribution in [0.4, 0.5) is 4.79 Å². The first-order chi connectivity index (χ1) is 14.3. The molecule has 1 N–H and O–H groups in total. The number of hydrogen-bond donors (Lipinski definition) is 1. The van der Waals surface area contributed by atoms with Gasteiger partial charge in [-0.15, -0.1) is 0 Å². The molecule has 1 saturated heterocycles. The van der Waals surface area contributed by atoms with Crippen LogP contribution in [0.1, 0.15) is 44.1 Å². The third-order valence-corrected chi connectivity index (χ3v) is 7.21. The average Bonchev–Trinajstić information content (AvgIpc) is 3.52. The number of amides is 3. The van der Waals surface area contributed by atoms with Crippen molar-refractivity contribution in [3.05, 3.63) is 42.0 Å². The third kappa shape index (κ3) is 7.16. The van der Waals surface area contributed by atoms with Crippen molar-refractivity contribution < 1.29 is 22.7 Å². The molecule has 1 aromatic rings. The van der Waals surface area contributed by atoms with Gasteiger partial charge < -0.3 is 9.64 Å². The van der Waals surface area contributed by atoms with Gasteiger partial charge in [0.2, 0.25) is 5.91 Å². The molecule has 1 aliphatic heterocycles. The highest BCUT2D eigenvalue weighted by molar-refractivity contribution is 7.91. The van der Waals surface area contributed by atoms with Crippen molar-refractivity contribution in [2.24, 2.45) is 5.92 Å². The summed E-state index contributed by atoms with van der Waals surface area (Å²) in [5.41, 5.74) is 0.966. The standard InChI is InChI=1S/C22H30N2O5S/c1-17(19-6-5-7-20(14-19)29-15-18-8-9-18)16-30(27,28)13-4-2-3-11-24-12-10-21(25)23-22(24)26/h2-3,5-7,14,17-18H,4,8-13,15-16H2,1H3,(H,23,25,26)/b3-2+/t17-/m0/s1. The minimum absolute atomic E-state index is 0.0659. The number of allylic oxidation sites excluding steroid dienone is 1. The lowest BCUT2D eigenvalue weighted by Gasteiger charge is -2.25. The quantitative estimate of drug-likeness (QED) is 0.541. The molecule has 0 unspecified atom stereocenters. The molecule has 1 heterocycles. The van der Waals surface area contributed by atoms with Gasteiger partial charge in [0, 0.05) is 19.5 Å². The summed E-state index contributed by atoms with van der Waals surface area (Å²) in [6, 6.07) is 7.31. The van der Waals surface area contributed by atoms with Crippen molar-refractivity contribution in [3.63, 3.8) is 0 Å². The van der Waals surface area contributed by atoms with Crippen LogP contribution < -0.4 is 10.1 Å². The Morgan fingerprint density at radius 1 is 1.27 bits per heavy atom. The minimum atomic E-state index is -3.21.